The molecule has 0 fully saturated rings. The van der Waals surface area contributed by atoms with Gasteiger partial charge in [0.15, 0.2) is 0 Å². The lowest BCUT2D eigenvalue weighted by Crippen LogP contribution is -2.20. The van der Waals surface area contributed by atoms with Gasteiger partial charge in [-0.2, -0.15) is 0 Å². The van der Waals surface area contributed by atoms with E-state index < -0.39 is 0 Å². The van der Waals surface area contributed by atoms with Crippen LogP contribution in [-0.2, 0) is 13.1 Å². The third kappa shape index (κ3) is 6.83. The number of carbonyl (C=O) groups is 1. The molecule has 0 saturated heterocycles. The van der Waals surface area contributed by atoms with Crippen molar-refractivity contribution in [3.63, 3.8) is 0 Å². The predicted molar refractivity (Wildman–Crippen MR) is 180 cm³/mol. The van der Waals surface area contributed by atoms with Gasteiger partial charge in [-0.15, -0.1) is 0 Å². The lowest BCUT2D eigenvalue weighted by atomic mass is 9.98. The largest absolute Gasteiger partial charge is 0.399 e. The molecule has 3 N–H and O–H groups in total. The van der Waals surface area contributed by atoms with Crippen molar-refractivity contribution in [2.24, 2.45) is 0 Å². The maximum atomic E-state index is 12.4. The Balaban J connectivity index is 0.000000215. The Kier molecular flexibility index (Phi) is 9.77. The first kappa shape index (κ1) is 31.6. The number of carbonyl (C=O) groups excluding carboxylic acids is 1. The van der Waals surface area contributed by atoms with Crippen LogP contribution in [-0.4, -0.2) is 15.0 Å². The van der Waals surface area contributed by atoms with Gasteiger partial charge in [0, 0.05) is 58.0 Å². The minimum Gasteiger partial charge on any atom is -0.399 e. The Bertz CT molecular complexity index is 1900. The molecule has 1 amide bonds. The third-order valence-corrected chi connectivity index (χ3v) is 7.80. The molecule has 0 saturated carbocycles. The smallest absolute Gasteiger partial charge is 0.255 e. The number of nitrogen functional groups attached to an aromatic ring is 1. The number of nitrogens with two attached hydrogens (primary N) is 1. The molecule has 8 heteroatoms. The van der Waals surface area contributed by atoms with Gasteiger partial charge in [0.2, 0.25) is 0 Å². The monoisotopic (exact) mass is 598 g/mol. The SMILES string of the molecule is CCn1c(=O)cc(C(C)C)c2cc(N)ccc21.CCn1c(=O)cc(C(C)C)c2cc(NC(=O)c3ccc(Cl)cc3)ccc21. The summed E-state index contributed by atoms with van der Waals surface area (Å²) in [7, 11) is 0. The number of amides is 1. The van der Waals surface area contributed by atoms with Crippen LogP contribution in [0.15, 0.2) is 82.4 Å². The van der Waals surface area contributed by atoms with Crippen molar-refractivity contribution in [3.05, 3.63) is 115 Å². The maximum Gasteiger partial charge on any atom is 0.255 e. The molecule has 0 radical (unpaired) electrons. The van der Waals surface area contributed by atoms with Gasteiger partial charge in [-0.1, -0.05) is 39.3 Å². The fourth-order valence-electron chi connectivity index (χ4n) is 5.33. The Hall–Kier alpha value is -4.36. The molecule has 0 unspecified atom stereocenters. The summed E-state index contributed by atoms with van der Waals surface area (Å²) in [6.45, 7) is 13.5. The molecular weight excluding hydrogens is 560 g/mol. The second-order valence-electron chi connectivity index (χ2n) is 11.1. The van der Waals surface area contributed by atoms with Crippen LogP contribution in [0, 0.1) is 0 Å². The molecule has 0 aliphatic carbocycles. The Morgan fingerprint density at radius 1 is 0.744 bits per heavy atom. The van der Waals surface area contributed by atoms with Gasteiger partial charge < -0.3 is 20.2 Å². The van der Waals surface area contributed by atoms with E-state index in [9.17, 15) is 14.4 Å². The zero-order valence-electron chi connectivity index (χ0n) is 25.6. The Labute approximate surface area is 256 Å². The van der Waals surface area contributed by atoms with Crippen LogP contribution in [0.2, 0.25) is 5.02 Å². The van der Waals surface area contributed by atoms with Crippen LogP contribution in [0.1, 0.15) is 74.9 Å². The van der Waals surface area contributed by atoms with E-state index in [-0.39, 0.29) is 22.9 Å². The van der Waals surface area contributed by atoms with Crippen LogP contribution in [0.3, 0.4) is 0 Å². The number of hydrogen-bond donors (Lipinski definition) is 2. The molecule has 224 valence electrons. The van der Waals surface area contributed by atoms with E-state index in [1.807, 2.05) is 50.2 Å². The van der Waals surface area contributed by atoms with Gasteiger partial charge in [-0.05, 0) is 97.5 Å². The molecule has 0 atom stereocenters. The van der Waals surface area contributed by atoms with E-state index in [1.165, 1.54) is 0 Å². The summed E-state index contributed by atoms with van der Waals surface area (Å²) in [4.78, 5) is 36.8. The van der Waals surface area contributed by atoms with Crippen molar-refractivity contribution >= 4 is 50.7 Å². The number of nitrogens with zero attached hydrogens (tertiary/aromatic N) is 2. The van der Waals surface area contributed by atoms with Crippen molar-refractivity contribution in [1.29, 1.82) is 0 Å². The minimum atomic E-state index is -0.198. The summed E-state index contributed by atoms with van der Waals surface area (Å²) >= 11 is 5.87. The number of fused-ring (bicyclic) bond motifs is 2. The normalized spacial score (nSPS) is 11.2. The minimum absolute atomic E-state index is 0.00153. The van der Waals surface area contributed by atoms with Gasteiger partial charge in [0.1, 0.15) is 0 Å². The standard InChI is InChI=1S/C21H21ClN2O2.C14H18N2O/c1-4-24-19-10-9-16(11-18(19)17(13(2)3)12-20(24)25)23-21(26)14-5-7-15(22)8-6-14;1-4-16-13-6-5-10(15)7-12(13)11(9(2)3)8-14(16)17/h5-13H,4H2,1-3H3,(H,23,26);5-9H,4,15H2,1-3H3. The van der Waals surface area contributed by atoms with Gasteiger partial charge >= 0.3 is 0 Å². The summed E-state index contributed by atoms with van der Waals surface area (Å²) in [6.07, 6.45) is 0. The molecule has 2 heterocycles. The summed E-state index contributed by atoms with van der Waals surface area (Å²) in [5.74, 6) is 0.327. The Morgan fingerprint density at radius 3 is 1.72 bits per heavy atom. The highest BCUT2D eigenvalue weighted by atomic mass is 35.5. The number of pyridine rings is 2. The second kappa shape index (κ2) is 13.3. The first-order valence-corrected chi connectivity index (χ1v) is 15.0. The fourth-order valence-corrected chi connectivity index (χ4v) is 5.45. The van der Waals surface area contributed by atoms with E-state index in [0.29, 0.717) is 35.3 Å². The van der Waals surface area contributed by atoms with E-state index in [0.717, 1.165) is 38.6 Å². The lowest BCUT2D eigenvalue weighted by Gasteiger charge is -2.16. The predicted octanol–water partition coefficient (Wildman–Crippen LogP) is 7.78. The number of benzene rings is 3. The van der Waals surface area contributed by atoms with Crippen molar-refractivity contribution in [2.45, 2.75) is 66.5 Å². The van der Waals surface area contributed by atoms with Crippen LogP contribution in [0.4, 0.5) is 11.4 Å². The Morgan fingerprint density at radius 2 is 1.23 bits per heavy atom. The van der Waals surface area contributed by atoms with Crippen LogP contribution >= 0.6 is 11.6 Å². The molecule has 5 rings (SSSR count). The van der Waals surface area contributed by atoms with Gasteiger partial charge in [0.05, 0.1) is 11.0 Å². The molecular formula is C35H39ClN4O3. The number of nitrogens with one attached hydrogen (secondary N) is 1. The number of hydrogen-bond acceptors (Lipinski definition) is 4. The highest BCUT2D eigenvalue weighted by Gasteiger charge is 2.13. The summed E-state index contributed by atoms with van der Waals surface area (Å²) in [6, 6.07) is 21.6. The zero-order chi connectivity index (χ0) is 31.4. The highest BCUT2D eigenvalue weighted by Crippen LogP contribution is 2.28. The number of halogens is 1. The van der Waals surface area contributed by atoms with Crippen molar-refractivity contribution in [1.82, 2.24) is 9.13 Å². The molecule has 2 aromatic heterocycles. The van der Waals surface area contributed by atoms with Crippen LogP contribution in [0.25, 0.3) is 21.8 Å². The quantitative estimate of drug-likeness (QED) is 0.195. The molecule has 0 spiro atoms. The molecule has 43 heavy (non-hydrogen) atoms. The summed E-state index contributed by atoms with van der Waals surface area (Å²) in [5.41, 5.74) is 11.8. The first-order valence-electron chi connectivity index (χ1n) is 14.6. The van der Waals surface area contributed by atoms with Crippen LogP contribution in [0.5, 0.6) is 0 Å². The van der Waals surface area contributed by atoms with Gasteiger partial charge in [0.25, 0.3) is 17.0 Å². The second-order valence-corrected chi connectivity index (χ2v) is 11.6. The number of anilines is 2. The van der Waals surface area contributed by atoms with Crippen LogP contribution < -0.4 is 22.2 Å². The molecule has 3 aromatic carbocycles. The number of aromatic nitrogens is 2. The van der Waals surface area contributed by atoms with E-state index in [4.69, 9.17) is 17.3 Å². The van der Waals surface area contributed by atoms with Crippen molar-refractivity contribution in [2.75, 3.05) is 11.1 Å². The molecule has 0 bridgehead atoms. The van der Waals surface area contributed by atoms with Crippen molar-refractivity contribution < 1.29 is 4.79 Å². The molecule has 7 nitrogen and oxygen atoms in total. The molecule has 0 aliphatic rings. The zero-order valence-corrected chi connectivity index (χ0v) is 26.3. The average Bonchev–Trinajstić information content (AvgIpc) is 2.97. The highest BCUT2D eigenvalue weighted by molar-refractivity contribution is 6.30. The van der Waals surface area contributed by atoms with E-state index in [2.05, 4.69) is 33.0 Å². The molecule has 0 aliphatic heterocycles. The van der Waals surface area contributed by atoms with Gasteiger partial charge in [-0.3, -0.25) is 14.4 Å². The fraction of sp³-hybridized carbons (Fsp3) is 0.286. The molecule has 5 aromatic rings. The topological polar surface area (TPSA) is 99.1 Å². The maximum absolute atomic E-state index is 12.4. The summed E-state index contributed by atoms with van der Waals surface area (Å²) < 4.78 is 3.52. The van der Waals surface area contributed by atoms with Crippen molar-refractivity contribution in [3.8, 4) is 0 Å². The third-order valence-electron chi connectivity index (χ3n) is 7.55. The first-order chi connectivity index (χ1) is 20.4. The van der Waals surface area contributed by atoms with E-state index >= 15 is 0 Å². The van der Waals surface area contributed by atoms with E-state index in [1.54, 1.807) is 45.5 Å². The summed E-state index contributed by atoms with van der Waals surface area (Å²) in [5, 5.41) is 5.57. The average molecular weight is 599 g/mol. The number of rotatable bonds is 6. The van der Waals surface area contributed by atoms with Gasteiger partial charge in [-0.25, -0.2) is 0 Å². The number of aryl methyl sites for hydroxylation is 2. The lowest BCUT2D eigenvalue weighted by molar-refractivity contribution is 0.102.